The number of hydrogen-bond acceptors (Lipinski definition) is 7. The number of hydrogen-bond donors (Lipinski definition) is 2. The fourth-order valence-corrected chi connectivity index (χ4v) is 7.57. The van der Waals surface area contributed by atoms with Gasteiger partial charge in [0.2, 0.25) is 0 Å². The molecule has 4 aromatic rings. The van der Waals surface area contributed by atoms with Crippen molar-refractivity contribution < 1.29 is 27.5 Å². The maximum Gasteiger partial charge on any atom is 0.345 e. The van der Waals surface area contributed by atoms with Crippen molar-refractivity contribution in [1.29, 1.82) is 0 Å². The number of benzene rings is 2. The first-order valence-corrected chi connectivity index (χ1v) is 15.3. The summed E-state index contributed by atoms with van der Waals surface area (Å²) < 4.78 is 46.7. The molecule has 1 aliphatic heterocycles. The maximum atomic E-state index is 13.5. The summed E-state index contributed by atoms with van der Waals surface area (Å²) in [5.41, 5.74) is 0.755. The molecule has 15 heteroatoms. The van der Waals surface area contributed by atoms with Crippen LogP contribution in [-0.4, -0.2) is 65.6 Å². The molecular weight excluding hydrogens is 576 g/mol. The van der Waals surface area contributed by atoms with E-state index in [2.05, 4.69) is 15.1 Å². The number of halogens is 2. The highest BCUT2D eigenvalue weighted by Crippen LogP contribution is 2.40. The van der Waals surface area contributed by atoms with E-state index in [1.807, 2.05) is 12.1 Å². The summed E-state index contributed by atoms with van der Waals surface area (Å²) in [6.07, 6.45) is 0.686. The number of ether oxygens (including phenoxy) is 1. The van der Waals surface area contributed by atoms with Crippen LogP contribution in [0.1, 0.15) is 0 Å². The van der Waals surface area contributed by atoms with Gasteiger partial charge in [-0.25, -0.2) is 8.42 Å². The minimum absolute atomic E-state index is 0.0587. The van der Waals surface area contributed by atoms with Gasteiger partial charge in [0.25, 0.3) is 10.0 Å². The lowest BCUT2D eigenvalue weighted by Crippen LogP contribution is -2.36. The molecule has 2 N–H and O–H groups in total. The summed E-state index contributed by atoms with van der Waals surface area (Å²) >= 11 is 12.0. The molecule has 0 atom stereocenters. The SMILES string of the molecule is O=P(O)(O)CN(c1ccc2c(ccn2-c2ccc(N3CCOCC3)nn2)c1)S(=O)(=O)c1cc(Cl)cc(Cl)c1. The van der Waals surface area contributed by atoms with Crippen LogP contribution in [0.5, 0.6) is 0 Å². The molecule has 2 aromatic carbocycles. The Balaban J connectivity index is 1.51. The molecular formula is C23H22Cl2N5O6PS. The molecule has 2 aromatic heterocycles. The Hall–Kier alpha value is -2.70. The van der Waals surface area contributed by atoms with Crippen molar-refractivity contribution in [2.75, 3.05) is 41.8 Å². The highest BCUT2D eigenvalue weighted by molar-refractivity contribution is 7.93. The van der Waals surface area contributed by atoms with Gasteiger partial charge in [-0.15, -0.1) is 10.2 Å². The third-order valence-corrected chi connectivity index (χ3v) is 8.95. The molecule has 0 amide bonds. The van der Waals surface area contributed by atoms with Crippen molar-refractivity contribution in [2.24, 2.45) is 0 Å². The molecule has 11 nitrogen and oxygen atoms in total. The summed E-state index contributed by atoms with van der Waals surface area (Å²) in [5, 5.41) is 9.44. The largest absolute Gasteiger partial charge is 0.378 e. The van der Waals surface area contributed by atoms with Crippen molar-refractivity contribution in [2.45, 2.75) is 4.90 Å². The van der Waals surface area contributed by atoms with E-state index in [1.54, 1.807) is 22.9 Å². The minimum Gasteiger partial charge on any atom is -0.378 e. The minimum atomic E-state index is -4.80. The molecule has 38 heavy (non-hydrogen) atoms. The molecule has 0 unspecified atom stereocenters. The van der Waals surface area contributed by atoms with Crippen LogP contribution < -0.4 is 9.21 Å². The van der Waals surface area contributed by atoms with Gasteiger partial charge in [-0.1, -0.05) is 23.2 Å². The van der Waals surface area contributed by atoms with Crippen LogP contribution in [-0.2, 0) is 19.3 Å². The predicted octanol–water partition coefficient (Wildman–Crippen LogP) is 3.89. The molecule has 1 fully saturated rings. The third kappa shape index (κ3) is 5.67. The number of rotatable bonds is 7. The van der Waals surface area contributed by atoms with E-state index in [1.165, 1.54) is 30.3 Å². The van der Waals surface area contributed by atoms with Gasteiger partial charge >= 0.3 is 7.60 Å². The Kier molecular flexibility index (Phi) is 7.40. The first-order chi connectivity index (χ1) is 18.0. The van der Waals surface area contributed by atoms with E-state index in [0.717, 1.165) is 18.9 Å². The van der Waals surface area contributed by atoms with Crippen LogP contribution in [0.2, 0.25) is 10.0 Å². The summed E-state index contributed by atoms with van der Waals surface area (Å²) in [5.74, 6) is 1.30. The number of fused-ring (bicyclic) bond motifs is 1. The van der Waals surface area contributed by atoms with Crippen molar-refractivity contribution >= 4 is 63.2 Å². The highest BCUT2D eigenvalue weighted by atomic mass is 35.5. The lowest BCUT2D eigenvalue weighted by molar-refractivity contribution is 0.122. The highest BCUT2D eigenvalue weighted by Gasteiger charge is 2.32. The van der Waals surface area contributed by atoms with Crippen molar-refractivity contribution in [3.63, 3.8) is 0 Å². The second-order valence-electron chi connectivity index (χ2n) is 8.54. The van der Waals surface area contributed by atoms with E-state index in [0.29, 0.717) is 34.2 Å². The summed E-state index contributed by atoms with van der Waals surface area (Å²) in [7, 11) is -9.23. The molecule has 0 radical (unpaired) electrons. The molecule has 5 rings (SSSR count). The number of nitrogens with zero attached hydrogens (tertiary/aromatic N) is 5. The molecule has 3 heterocycles. The van der Waals surface area contributed by atoms with Crippen molar-refractivity contribution in [3.05, 3.63) is 70.8 Å². The zero-order valence-electron chi connectivity index (χ0n) is 19.7. The number of sulfonamides is 1. The molecule has 0 spiro atoms. The average molecular weight is 598 g/mol. The van der Waals surface area contributed by atoms with Gasteiger partial charge in [0, 0.05) is 34.7 Å². The van der Waals surface area contributed by atoms with E-state index in [9.17, 15) is 22.8 Å². The van der Waals surface area contributed by atoms with Crippen LogP contribution in [0.15, 0.2) is 65.7 Å². The standard InChI is InChI=1S/C23H22Cl2N5O6PS/c24-17-12-18(25)14-20(13-17)38(34,35)30(15-37(31,32)33)19-1-2-21-16(11-19)5-6-29(21)23-4-3-22(26-27-23)28-7-9-36-10-8-28/h1-6,11-14H,7-10,15H2,(H2,31,32,33). The van der Waals surface area contributed by atoms with E-state index >= 15 is 0 Å². The van der Waals surface area contributed by atoms with Gasteiger partial charge < -0.3 is 19.4 Å². The summed E-state index contributed by atoms with van der Waals surface area (Å²) in [4.78, 5) is 21.1. The Labute approximate surface area is 228 Å². The molecule has 1 saturated heterocycles. The Morgan fingerprint density at radius 1 is 0.947 bits per heavy atom. The fraction of sp³-hybridized carbons (Fsp3) is 0.217. The topological polar surface area (TPSA) is 138 Å². The lowest BCUT2D eigenvalue weighted by atomic mass is 10.2. The van der Waals surface area contributed by atoms with Gasteiger partial charge in [0.15, 0.2) is 11.6 Å². The van der Waals surface area contributed by atoms with Gasteiger partial charge in [-0.2, -0.15) is 0 Å². The molecule has 0 aliphatic carbocycles. The van der Waals surface area contributed by atoms with Crippen molar-refractivity contribution in [1.82, 2.24) is 14.8 Å². The monoisotopic (exact) mass is 597 g/mol. The van der Waals surface area contributed by atoms with Crippen LogP contribution in [0.4, 0.5) is 11.5 Å². The summed E-state index contributed by atoms with van der Waals surface area (Å²) in [6.45, 7) is 2.73. The number of morpholine rings is 1. The normalized spacial score (nSPS) is 14.7. The van der Waals surface area contributed by atoms with E-state index < -0.39 is 23.9 Å². The first-order valence-electron chi connectivity index (χ1n) is 11.3. The maximum absolute atomic E-state index is 13.5. The quantitative estimate of drug-likeness (QED) is 0.304. The number of anilines is 2. The van der Waals surface area contributed by atoms with Gasteiger partial charge in [-0.05, 0) is 54.6 Å². The van der Waals surface area contributed by atoms with E-state index in [4.69, 9.17) is 27.9 Å². The molecule has 200 valence electrons. The zero-order chi connectivity index (χ0) is 27.1. The lowest BCUT2D eigenvalue weighted by Gasteiger charge is -2.27. The summed E-state index contributed by atoms with van der Waals surface area (Å²) in [6, 6.07) is 13.8. The van der Waals surface area contributed by atoms with Crippen LogP contribution in [0, 0.1) is 0 Å². The van der Waals surface area contributed by atoms with E-state index in [-0.39, 0.29) is 20.6 Å². The Bertz CT molecular complexity index is 1620. The van der Waals surface area contributed by atoms with Crippen molar-refractivity contribution in [3.8, 4) is 5.82 Å². The molecule has 0 saturated carbocycles. The Morgan fingerprint density at radius 3 is 2.24 bits per heavy atom. The number of aromatic nitrogens is 3. The van der Waals surface area contributed by atoms with Crippen LogP contribution in [0.25, 0.3) is 16.7 Å². The Morgan fingerprint density at radius 2 is 1.61 bits per heavy atom. The second kappa shape index (κ2) is 10.5. The average Bonchev–Trinajstić information content (AvgIpc) is 3.30. The first kappa shape index (κ1) is 26.9. The van der Waals surface area contributed by atoms with Crippen LogP contribution >= 0.6 is 30.8 Å². The predicted molar refractivity (Wildman–Crippen MR) is 145 cm³/mol. The van der Waals surface area contributed by atoms with Gasteiger partial charge in [0.1, 0.15) is 6.29 Å². The zero-order valence-corrected chi connectivity index (χ0v) is 22.9. The van der Waals surface area contributed by atoms with Gasteiger partial charge in [0.05, 0.1) is 29.3 Å². The fourth-order valence-electron chi connectivity index (χ4n) is 4.16. The smallest absolute Gasteiger partial charge is 0.345 e. The van der Waals surface area contributed by atoms with Crippen LogP contribution in [0.3, 0.4) is 0 Å². The molecule has 0 bridgehead atoms. The van der Waals surface area contributed by atoms with Gasteiger partial charge in [-0.3, -0.25) is 13.4 Å². The second-order valence-corrected chi connectivity index (χ2v) is 12.9. The third-order valence-electron chi connectivity index (χ3n) is 5.92. The molecule has 1 aliphatic rings.